The standard InChI is InChI=1S/C17H18FN3O2/c18-12-1-2-13(19-9-12)15-3-4-16(23-15)17(22)20-14-10-21-7-5-11(14)6-8-21/h1-4,9,11,14H,5-8,10H2,(H,20,22)/t14-/m0/s1. The summed E-state index contributed by atoms with van der Waals surface area (Å²) in [6.07, 6.45) is 3.42. The monoisotopic (exact) mass is 315 g/mol. The van der Waals surface area contributed by atoms with Crippen LogP contribution < -0.4 is 5.32 Å². The Hall–Kier alpha value is -2.21. The molecule has 3 saturated heterocycles. The van der Waals surface area contributed by atoms with Crippen LogP contribution in [-0.2, 0) is 0 Å². The molecular formula is C17H18FN3O2. The number of aromatic nitrogens is 1. The molecular weight excluding hydrogens is 297 g/mol. The normalized spacial score (nSPS) is 26.2. The third-order valence-corrected chi connectivity index (χ3v) is 4.78. The summed E-state index contributed by atoms with van der Waals surface area (Å²) in [5.41, 5.74) is 0.508. The molecule has 0 aromatic carbocycles. The van der Waals surface area contributed by atoms with E-state index in [4.69, 9.17) is 4.42 Å². The van der Waals surface area contributed by atoms with Gasteiger partial charge in [0, 0.05) is 12.6 Å². The van der Waals surface area contributed by atoms with Gasteiger partial charge < -0.3 is 14.6 Å². The molecule has 2 aromatic rings. The lowest BCUT2D eigenvalue weighted by atomic mass is 9.84. The highest BCUT2D eigenvalue weighted by molar-refractivity contribution is 5.92. The smallest absolute Gasteiger partial charge is 0.287 e. The zero-order valence-electron chi connectivity index (χ0n) is 12.7. The number of hydrogen-bond donors (Lipinski definition) is 1. The van der Waals surface area contributed by atoms with E-state index in [1.165, 1.54) is 12.1 Å². The Balaban J connectivity index is 1.46. The predicted molar refractivity (Wildman–Crippen MR) is 82.3 cm³/mol. The fourth-order valence-electron chi connectivity index (χ4n) is 3.49. The van der Waals surface area contributed by atoms with Crippen molar-refractivity contribution in [1.82, 2.24) is 15.2 Å². The minimum atomic E-state index is -0.402. The van der Waals surface area contributed by atoms with E-state index in [0.717, 1.165) is 38.7 Å². The van der Waals surface area contributed by atoms with Crippen molar-refractivity contribution in [2.24, 2.45) is 5.92 Å². The van der Waals surface area contributed by atoms with Gasteiger partial charge in [-0.15, -0.1) is 0 Å². The Bertz CT molecular complexity index is 705. The first-order chi connectivity index (χ1) is 11.2. The molecule has 3 aliphatic rings. The first kappa shape index (κ1) is 14.4. The van der Waals surface area contributed by atoms with E-state index < -0.39 is 5.82 Å². The van der Waals surface area contributed by atoms with Crippen molar-refractivity contribution < 1.29 is 13.6 Å². The molecule has 23 heavy (non-hydrogen) atoms. The number of carbonyl (C=O) groups excluding carboxylic acids is 1. The average Bonchev–Trinajstić information content (AvgIpc) is 3.07. The number of hydrogen-bond acceptors (Lipinski definition) is 4. The largest absolute Gasteiger partial charge is 0.449 e. The minimum Gasteiger partial charge on any atom is -0.449 e. The third-order valence-electron chi connectivity index (χ3n) is 4.78. The summed E-state index contributed by atoms with van der Waals surface area (Å²) in [6, 6.07) is 6.37. The summed E-state index contributed by atoms with van der Waals surface area (Å²) < 4.78 is 18.5. The second-order valence-corrected chi connectivity index (χ2v) is 6.24. The second kappa shape index (κ2) is 5.77. The molecule has 3 aliphatic heterocycles. The van der Waals surface area contributed by atoms with Crippen LogP contribution in [0, 0.1) is 11.7 Å². The molecule has 0 aliphatic carbocycles. The maximum Gasteiger partial charge on any atom is 0.287 e. The Morgan fingerprint density at radius 3 is 2.74 bits per heavy atom. The number of furan rings is 1. The van der Waals surface area contributed by atoms with Gasteiger partial charge >= 0.3 is 0 Å². The molecule has 0 radical (unpaired) electrons. The topological polar surface area (TPSA) is 58.4 Å². The van der Waals surface area contributed by atoms with E-state index >= 15 is 0 Å². The number of fused-ring (bicyclic) bond motifs is 3. The van der Waals surface area contributed by atoms with Crippen LogP contribution >= 0.6 is 0 Å². The molecule has 3 fully saturated rings. The molecule has 2 bridgehead atoms. The summed E-state index contributed by atoms with van der Waals surface area (Å²) in [5, 5.41) is 3.09. The highest BCUT2D eigenvalue weighted by Crippen LogP contribution is 2.28. The Morgan fingerprint density at radius 2 is 2.09 bits per heavy atom. The number of carbonyl (C=O) groups is 1. The quantitative estimate of drug-likeness (QED) is 0.944. The van der Waals surface area contributed by atoms with Crippen molar-refractivity contribution in [2.75, 3.05) is 19.6 Å². The molecule has 2 aromatic heterocycles. The maximum absolute atomic E-state index is 12.9. The predicted octanol–water partition coefficient (Wildman–Crippen LogP) is 2.30. The molecule has 0 spiro atoms. The summed E-state index contributed by atoms with van der Waals surface area (Å²) in [7, 11) is 0. The van der Waals surface area contributed by atoms with Gasteiger partial charge in [-0.05, 0) is 56.1 Å². The van der Waals surface area contributed by atoms with Crippen LogP contribution in [0.4, 0.5) is 4.39 Å². The summed E-state index contributed by atoms with van der Waals surface area (Å²) in [5.74, 6) is 0.696. The minimum absolute atomic E-state index is 0.197. The molecule has 1 N–H and O–H groups in total. The molecule has 5 rings (SSSR count). The van der Waals surface area contributed by atoms with Gasteiger partial charge in [-0.2, -0.15) is 0 Å². The van der Waals surface area contributed by atoms with Gasteiger partial charge in [-0.25, -0.2) is 9.37 Å². The molecule has 1 atom stereocenters. The maximum atomic E-state index is 12.9. The molecule has 1 amide bonds. The molecule has 0 saturated carbocycles. The highest BCUT2D eigenvalue weighted by atomic mass is 19.1. The van der Waals surface area contributed by atoms with Gasteiger partial charge in [0.15, 0.2) is 11.5 Å². The van der Waals surface area contributed by atoms with Crippen molar-refractivity contribution in [3.05, 3.63) is 42.0 Å². The van der Waals surface area contributed by atoms with Gasteiger partial charge in [0.1, 0.15) is 11.5 Å². The number of rotatable bonds is 3. The van der Waals surface area contributed by atoms with Crippen LogP contribution in [0.2, 0.25) is 0 Å². The first-order valence-electron chi connectivity index (χ1n) is 7.94. The van der Waals surface area contributed by atoms with Gasteiger partial charge in [0.2, 0.25) is 0 Å². The number of pyridine rings is 1. The number of nitrogens with zero attached hydrogens (tertiary/aromatic N) is 2. The number of nitrogens with one attached hydrogen (secondary N) is 1. The SMILES string of the molecule is O=C(N[C@H]1CN2CCC1CC2)c1ccc(-c2ccc(F)cn2)o1. The van der Waals surface area contributed by atoms with Crippen LogP contribution in [0.3, 0.4) is 0 Å². The fourth-order valence-corrected chi connectivity index (χ4v) is 3.49. The van der Waals surface area contributed by atoms with Crippen molar-refractivity contribution in [3.8, 4) is 11.5 Å². The van der Waals surface area contributed by atoms with E-state index in [-0.39, 0.29) is 17.7 Å². The summed E-state index contributed by atoms with van der Waals surface area (Å²) in [4.78, 5) is 18.7. The van der Waals surface area contributed by atoms with Crippen LogP contribution in [0.15, 0.2) is 34.9 Å². The van der Waals surface area contributed by atoms with E-state index in [1.807, 2.05) is 0 Å². The number of halogens is 1. The molecule has 5 heterocycles. The molecule has 5 nitrogen and oxygen atoms in total. The van der Waals surface area contributed by atoms with Gasteiger partial charge in [-0.3, -0.25) is 4.79 Å². The fraction of sp³-hybridized carbons (Fsp3) is 0.412. The van der Waals surface area contributed by atoms with Gasteiger partial charge in [-0.1, -0.05) is 0 Å². The highest BCUT2D eigenvalue weighted by Gasteiger charge is 2.35. The summed E-state index contributed by atoms with van der Waals surface area (Å²) in [6.45, 7) is 3.19. The Kier molecular flexibility index (Phi) is 3.61. The average molecular weight is 315 g/mol. The van der Waals surface area contributed by atoms with Crippen molar-refractivity contribution in [2.45, 2.75) is 18.9 Å². The molecule has 120 valence electrons. The lowest BCUT2D eigenvalue weighted by molar-refractivity contribution is 0.0606. The van der Waals surface area contributed by atoms with Crippen molar-refractivity contribution in [3.63, 3.8) is 0 Å². The van der Waals surface area contributed by atoms with Gasteiger partial charge in [0.05, 0.1) is 6.20 Å². The first-order valence-corrected chi connectivity index (χ1v) is 7.94. The van der Waals surface area contributed by atoms with Crippen LogP contribution in [-0.4, -0.2) is 41.5 Å². The number of piperidine rings is 3. The second-order valence-electron chi connectivity index (χ2n) is 6.24. The van der Waals surface area contributed by atoms with Crippen molar-refractivity contribution >= 4 is 5.91 Å². The molecule has 0 unspecified atom stereocenters. The van der Waals surface area contributed by atoms with Crippen molar-refractivity contribution in [1.29, 1.82) is 0 Å². The Morgan fingerprint density at radius 1 is 1.26 bits per heavy atom. The van der Waals surface area contributed by atoms with E-state index in [1.54, 1.807) is 12.1 Å². The lowest BCUT2D eigenvalue weighted by Crippen LogP contribution is -2.57. The number of amides is 1. The van der Waals surface area contributed by atoms with E-state index in [9.17, 15) is 9.18 Å². The summed E-state index contributed by atoms with van der Waals surface area (Å²) >= 11 is 0. The Labute approximate surface area is 133 Å². The van der Waals surface area contributed by atoms with Crippen LogP contribution in [0.5, 0.6) is 0 Å². The third kappa shape index (κ3) is 2.86. The van der Waals surface area contributed by atoms with Crippen LogP contribution in [0.1, 0.15) is 23.4 Å². The van der Waals surface area contributed by atoms with E-state index in [0.29, 0.717) is 17.4 Å². The lowest BCUT2D eigenvalue weighted by Gasteiger charge is -2.44. The zero-order valence-corrected chi connectivity index (χ0v) is 12.7. The van der Waals surface area contributed by atoms with Crippen LogP contribution in [0.25, 0.3) is 11.5 Å². The zero-order chi connectivity index (χ0) is 15.8. The van der Waals surface area contributed by atoms with E-state index in [2.05, 4.69) is 15.2 Å². The van der Waals surface area contributed by atoms with Gasteiger partial charge in [0.25, 0.3) is 5.91 Å². The molecule has 6 heteroatoms.